The minimum atomic E-state index is -0.922. The maximum absolute atomic E-state index is 13.5. The summed E-state index contributed by atoms with van der Waals surface area (Å²) in [4.78, 5) is 32.9. The molecule has 1 amide bonds. The number of rotatable bonds is 6. The number of ketones is 1. The number of nitrogens with zero attached hydrogens (tertiary/aromatic N) is 2. The molecule has 1 fully saturated rings. The molecule has 0 bridgehead atoms. The third kappa shape index (κ3) is 3.99. The van der Waals surface area contributed by atoms with Gasteiger partial charge in [0.15, 0.2) is 5.13 Å². The maximum atomic E-state index is 13.5. The van der Waals surface area contributed by atoms with Crippen LogP contribution in [0.25, 0.3) is 16.0 Å². The SMILES string of the molecule is CCOc1ccc(C(O)=C2C(=O)C(=O)N(c3nc4ccc(C)cc4s3)[C@@H]2c2ccccc2OC)cc1. The Bertz CT molecular complexity index is 1510. The largest absolute Gasteiger partial charge is 0.507 e. The predicted octanol–water partition coefficient (Wildman–Crippen LogP) is 5.64. The zero-order valence-electron chi connectivity index (χ0n) is 20.0. The summed E-state index contributed by atoms with van der Waals surface area (Å²) in [5.41, 5.74) is 2.74. The van der Waals surface area contributed by atoms with E-state index in [2.05, 4.69) is 4.98 Å². The average molecular weight is 501 g/mol. The topological polar surface area (TPSA) is 89.0 Å². The molecule has 1 saturated heterocycles. The number of hydrogen-bond donors (Lipinski definition) is 1. The van der Waals surface area contributed by atoms with Crippen LogP contribution >= 0.6 is 11.3 Å². The maximum Gasteiger partial charge on any atom is 0.301 e. The summed E-state index contributed by atoms with van der Waals surface area (Å²) in [6, 6.07) is 18.8. The molecule has 0 radical (unpaired) electrons. The quantitative estimate of drug-likeness (QED) is 0.209. The van der Waals surface area contributed by atoms with Crippen molar-refractivity contribution in [2.75, 3.05) is 18.6 Å². The lowest BCUT2D eigenvalue weighted by molar-refractivity contribution is -0.132. The number of carbonyl (C=O) groups is 2. The van der Waals surface area contributed by atoms with Gasteiger partial charge < -0.3 is 14.6 Å². The summed E-state index contributed by atoms with van der Waals surface area (Å²) >= 11 is 1.32. The highest BCUT2D eigenvalue weighted by molar-refractivity contribution is 7.22. The van der Waals surface area contributed by atoms with E-state index in [0.717, 1.165) is 15.8 Å². The van der Waals surface area contributed by atoms with Crippen molar-refractivity contribution in [3.8, 4) is 11.5 Å². The highest BCUT2D eigenvalue weighted by Crippen LogP contribution is 2.46. The molecule has 0 unspecified atom stereocenters. The van der Waals surface area contributed by atoms with Crippen LogP contribution in [0.5, 0.6) is 11.5 Å². The number of amides is 1. The average Bonchev–Trinajstić information content (AvgIpc) is 3.41. The lowest BCUT2D eigenvalue weighted by Crippen LogP contribution is -2.29. The molecule has 36 heavy (non-hydrogen) atoms. The van der Waals surface area contributed by atoms with Crippen LogP contribution in [0, 0.1) is 6.92 Å². The van der Waals surface area contributed by atoms with Crippen LogP contribution in [-0.2, 0) is 9.59 Å². The molecule has 8 heteroatoms. The van der Waals surface area contributed by atoms with Crippen molar-refractivity contribution in [2.45, 2.75) is 19.9 Å². The van der Waals surface area contributed by atoms with Crippen LogP contribution in [0.1, 0.15) is 29.7 Å². The second-order valence-electron chi connectivity index (χ2n) is 8.34. The molecule has 2 heterocycles. The van der Waals surface area contributed by atoms with E-state index in [9.17, 15) is 14.7 Å². The van der Waals surface area contributed by atoms with Crippen molar-refractivity contribution in [2.24, 2.45) is 0 Å². The fraction of sp³-hybridized carbons (Fsp3) is 0.179. The Labute approximate surface area is 212 Å². The molecule has 182 valence electrons. The number of aromatic nitrogens is 1. The van der Waals surface area contributed by atoms with Crippen LogP contribution in [0.3, 0.4) is 0 Å². The fourth-order valence-electron chi connectivity index (χ4n) is 4.37. The number of hydrogen-bond acceptors (Lipinski definition) is 7. The lowest BCUT2D eigenvalue weighted by Gasteiger charge is -2.24. The van der Waals surface area contributed by atoms with Crippen LogP contribution in [-0.4, -0.2) is 35.5 Å². The molecule has 4 aromatic rings. The highest BCUT2D eigenvalue weighted by atomic mass is 32.1. The van der Waals surface area contributed by atoms with Gasteiger partial charge in [-0.05, 0) is 61.9 Å². The Kier molecular flexibility index (Phi) is 6.20. The van der Waals surface area contributed by atoms with Gasteiger partial charge in [-0.3, -0.25) is 14.5 Å². The van der Waals surface area contributed by atoms with Gasteiger partial charge in [-0.15, -0.1) is 0 Å². The summed E-state index contributed by atoms with van der Waals surface area (Å²) in [6.07, 6.45) is 0. The number of anilines is 1. The number of aliphatic hydroxyl groups is 1. The second-order valence-corrected chi connectivity index (χ2v) is 9.35. The molecule has 5 rings (SSSR count). The molecule has 1 N–H and O–H groups in total. The number of aliphatic hydroxyl groups excluding tert-OH is 1. The van der Waals surface area contributed by atoms with Gasteiger partial charge in [0.05, 0.1) is 29.5 Å². The Hall–Kier alpha value is -4.17. The number of benzene rings is 3. The molecule has 1 aliphatic heterocycles. The van der Waals surface area contributed by atoms with Gasteiger partial charge in [-0.1, -0.05) is 35.6 Å². The Morgan fingerprint density at radius 1 is 1.08 bits per heavy atom. The van der Waals surface area contributed by atoms with Gasteiger partial charge in [-0.25, -0.2) is 4.98 Å². The molecule has 1 atom stereocenters. The van der Waals surface area contributed by atoms with E-state index in [0.29, 0.717) is 34.4 Å². The normalized spacial score (nSPS) is 17.1. The summed E-state index contributed by atoms with van der Waals surface area (Å²) in [7, 11) is 1.53. The van der Waals surface area contributed by atoms with Gasteiger partial charge >= 0.3 is 5.91 Å². The van der Waals surface area contributed by atoms with Gasteiger partial charge in [0.25, 0.3) is 5.78 Å². The van der Waals surface area contributed by atoms with Crippen molar-refractivity contribution in [1.29, 1.82) is 0 Å². The van der Waals surface area contributed by atoms with Crippen molar-refractivity contribution in [1.82, 2.24) is 4.98 Å². The first-order valence-electron chi connectivity index (χ1n) is 11.5. The molecule has 0 spiro atoms. The predicted molar refractivity (Wildman–Crippen MR) is 140 cm³/mol. The molecule has 1 aromatic heterocycles. The smallest absolute Gasteiger partial charge is 0.301 e. The molecule has 3 aromatic carbocycles. The molecular formula is C28H24N2O5S. The van der Waals surface area contributed by atoms with E-state index in [1.807, 2.05) is 32.0 Å². The van der Waals surface area contributed by atoms with E-state index < -0.39 is 17.7 Å². The molecule has 7 nitrogen and oxygen atoms in total. The molecule has 0 aliphatic carbocycles. The van der Waals surface area contributed by atoms with Gasteiger partial charge in [0, 0.05) is 11.1 Å². The van der Waals surface area contributed by atoms with Crippen LogP contribution in [0.15, 0.2) is 72.3 Å². The lowest BCUT2D eigenvalue weighted by atomic mass is 9.94. The Morgan fingerprint density at radius 3 is 2.56 bits per heavy atom. The number of para-hydroxylation sites is 1. The van der Waals surface area contributed by atoms with E-state index in [1.54, 1.807) is 48.5 Å². The second kappa shape index (κ2) is 9.47. The summed E-state index contributed by atoms with van der Waals surface area (Å²) in [5, 5.41) is 11.7. The van der Waals surface area contributed by atoms with Gasteiger partial charge in [0.2, 0.25) is 0 Å². The Balaban J connectivity index is 1.71. The number of ether oxygens (including phenoxy) is 2. The summed E-state index contributed by atoms with van der Waals surface area (Å²) < 4.78 is 12.0. The number of methoxy groups -OCH3 is 1. The van der Waals surface area contributed by atoms with Gasteiger partial charge in [0.1, 0.15) is 23.3 Å². The van der Waals surface area contributed by atoms with Crippen molar-refractivity contribution in [3.63, 3.8) is 0 Å². The van der Waals surface area contributed by atoms with Crippen molar-refractivity contribution in [3.05, 3.63) is 89.0 Å². The number of Topliss-reactive ketones (excluding diaryl/α,β-unsaturated/α-hetero) is 1. The van der Waals surface area contributed by atoms with Crippen molar-refractivity contribution < 1.29 is 24.2 Å². The first-order valence-corrected chi connectivity index (χ1v) is 12.3. The minimum absolute atomic E-state index is 0.0240. The van der Waals surface area contributed by atoms with Crippen LogP contribution in [0.2, 0.25) is 0 Å². The van der Waals surface area contributed by atoms with E-state index in [-0.39, 0.29) is 11.3 Å². The van der Waals surface area contributed by atoms with E-state index in [4.69, 9.17) is 9.47 Å². The van der Waals surface area contributed by atoms with Crippen LogP contribution < -0.4 is 14.4 Å². The standard InChI is InChI=1S/C28H24N2O5S/c1-4-35-18-12-10-17(11-13-18)25(31)23-24(19-7-5-6-8-21(19)34-3)30(27(33)26(23)32)28-29-20-14-9-16(2)15-22(20)36-28/h5-15,24,31H,4H2,1-3H3/t24-/m1/s1. The number of carbonyl (C=O) groups excluding carboxylic acids is 2. The summed E-state index contributed by atoms with van der Waals surface area (Å²) in [5.74, 6) is -0.682. The molecule has 1 aliphatic rings. The fourth-order valence-corrected chi connectivity index (χ4v) is 5.46. The first kappa shape index (κ1) is 23.6. The number of thiazole rings is 1. The minimum Gasteiger partial charge on any atom is -0.507 e. The zero-order chi connectivity index (χ0) is 25.4. The first-order chi connectivity index (χ1) is 17.4. The van der Waals surface area contributed by atoms with Crippen LogP contribution in [0.4, 0.5) is 5.13 Å². The van der Waals surface area contributed by atoms with Gasteiger partial charge in [-0.2, -0.15) is 0 Å². The number of aryl methyl sites for hydroxylation is 1. The highest BCUT2D eigenvalue weighted by Gasteiger charge is 2.49. The van der Waals surface area contributed by atoms with Crippen molar-refractivity contribution >= 4 is 44.1 Å². The molecular weight excluding hydrogens is 476 g/mol. The van der Waals surface area contributed by atoms with E-state index >= 15 is 0 Å². The third-order valence-corrected chi connectivity index (χ3v) is 7.07. The monoisotopic (exact) mass is 500 g/mol. The number of fused-ring (bicyclic) bond motifs is 1. The third-order valence-electron chi connectivity index (χ3n) is 6.06. The van der Waals surface area contributed by atoms with E-state index in [1.165, 1.54) is 23.3 Å². The summed E-state index contributed by atoms with van der Waals surface area (Å²) in [6.45, 7) is 4.37. The Morgan fingerprint density at radius 2 is 1.83 bits per heavy atom. The molecule has 0 saturated carbocycles. The zero-order valence-corrected chi connectivity index (χ0v) is 20.8.